The second-order valence-electron chi connectivity index (χ2n) is 8.86. The Balaban J connectivity index is 1.71. The second-order valence-corrected chi connectivity index (χ2v) is 11.5. The molecule has 2 aromatic carbocycles. The van der Waals surface area contributed by atoms with Crippen LogP contribution in [0.5, 0.6) is 0 Å². The van der Waals surface area contributed by atoms with Gasteiger partial charge in [0.1, 0.15) is 0 Å². The Morgan fingerprint density at radius 3 is 2.50 bits per heavy atom. The zero-order valence-electron chi connectivity index (χ0n) is 20.7. The van der Waals surface area contributed by atoms with Crippen LogP contribution in [0.3, 0.4) is 0 Å². The number of amides is 2. The van der Waals surface area contributed by atoms with Crippen molar-refractivity contribution >= 4 is 68.4 Å². The van der Waals surface area contributed by atoms with E-state index in [9.17, 15) is 9.59 Å². The number of hydrogen-bond donors (Lipinski definition) is 2. The minimum absolute atomic E-state index is 0.140. The molecule has 3 rings (SSSR count). The smallest absolute Gasteiger partial charge is 0.253 e. The van der Waals surface area contributed by atoms with E-state index < -0.39 is 6.04 Å². The summed E-state index contributed by atoms with van der Waals surface area (Å²) in [6.45, 7) is 8.10. The maximum atomic E-state index is 13.0. The number of halogens is 3. The number of nitrogens with zero attached hydrogens (tertiary/aromatic N) is 3. The van der Waals surface area contributed by atoms with Gasteiger partial charge in [0.05, 0.1) is 22.4 Å². The average Bonchev–Trinajstić information content (AvgIpc) is 3.17. The molecule has 2 N–H and O–H groups in total. The molecule has 1 atom stereocenters. The third-order valence-corrected chi connectivity index (χ3v) is 8.12. The molecular formula is C25H28BrCl2N5O2S. The standard InChI is InChI=1S/C25H28BrCl2N5O2S/c1-13(2)10-21(30-24(35)17-7-6-16(27)11-19(17)28)23-31-32-25(33(23)5)36-12-22(34)29-20-9-8-18(26)14(3)15(20)4/h6-9,11,13,21H,10,12H2,1-5H3,(H,29,34)(H,30,35)/t21-/m0/s1. The van der Waals surface area contributed by atoms with E-state index in [2.05, 4.69) is 50.6 Å². The molecule has 1 aromatic heterocycles. The van der Waals surface area contributed by atoms with Gasteiger partial charge in [-0.1, -0.05) is 64.7 Å². The second kappa shape index (κ2) is 12.4. The van der Waals surface area contributed by atoms with E-state index in [0.717, 1.165) is 21.3 Å². The molecule has 0 aliphatic heterocycles. The molecule has 3 aromatic rings. The van der Waals surface area contributed by atoms with Crippen LogP contribution < -0.4 is 10.6 Å². The first kappa shape index (κ1) is 28.5. The van der Waals surface area contributed by atoms with Gasteiger partial charge >= 0.3 is 0 Å². The van der Waals surface area contributed by atoms with Gasteiger partial charge in [-0.05, 0) is 67.6 Å². The van der Waals surface area contributed by atoms with Crippen molar-refractivity contribution in [2.45, 2.75) is 45.3 Å². The molecule has 0 aliphatic rings. The molecule has 11 heteroatoms. The molecule has 0 saturated heterocycles. The van der Waals surface area contributed by atoms with Crippen molar-refractivity contribution in [3.05, 3.63) is 67.4 Å². The molecule has 0 saturated carbocycles. The topological polar surface area (TPSA) is 88.9 Å². The number of hydrogen-bond acceptors (Lipinski definition) is 5. The van der Waals surface area contributed by atoms with Crippen molar-refractivity contribution in [3.63, 3.8) is 0 Å². The monoisotopic (exact) mass is 611 g/mol. The van der Waals surface area contributed by atoms with E-state index >= 15 is 0 Å². The van der Waals surface area contributed by atoms with Crippen molar-refractivity contribution in [1.82, 2.24) is 20.1 Å². The highest BCUT2D eigenvalue weighted by molar-refractivity contribution is 9.10. The molecule has 0 bridgehead atoms. The third kappa shape index (κ3) is 7.03. The predicted octanol–water partition coefficient (Wildman–Crippen LogP) is 6.75. The normalized spacial score (nSPS) is 12.0. The van der Waals surface area contributed by atoms with Gasteiger partial charge in [-0.15, -0.1) is 10.2 Å². The fourth-order valence-electron chi connectivity index (χ4n) is 3.60. The lowest BCUT2D eigenvalue weighted by molar-refractivity contribution is -0.113. The van der Waals surface area contributed by atoms with Gasteiger partial charge in [-0.3, -0.25) is 9.59 Å². The van der Waals surface area contributed by atoms with Gasteiger partial charge in [-0.2, -0.15) is 0 Å². The zero-order chi connectivity index (χ0) is 26.6. The van der Waals surface area contributed by atoms with Crippen LogP contribution in [-0.4, -0.2) is 32.3 Å². The fourth-order valence-corrected chi connectivity index (χ4v) is 5.25. The fraction of sp³-hybridized carbons (Fsp3) is 0.360. The largest absolute Gasteiger partial charge is 0.342 e. The van der Waals surface area contributed by atoms with E-state index in [0.29, 0.717) is 28.0 Å². The van der Waals surface area contributed by atoms with Gasteiger partial charge < -0.3 is 15.2 Å². The van der Waals surface area contributed by atoms with Crippen LogP contribution >= 0.6 is 50.9 Å². The van der Waals surface area contributed by atoms with Crippen LogP contribution in [0.15, 0.2) is 40.0 Å². The van der Waals surface area contributed by atoms with Gasteiger partial charge in [0.25, 0.3) is 5.91 Å². The summed E-state index contributed by atoms with van der Waals surface area (Å²) >= 11 is 17.0. The van der Waals surface area contributed by atoms with Gasteiger partial charge in [0, 0.05) is 22.2 Å². The third-order valence-electron chi connectivity index (χ3n) is 5.70. The van der Waals surface area contributed by atoms with Crippen molar-refractivity contribution in [2.24, 2.45) is 13.0 Å². The summed E-state index contributed by atoms with van der Waals surface area (Å²) in [5, 5.41) is 15.9. The summed E-state index contributed by atoms with van der Waals surface area (Å²) in [6.07, 6.45) is 0.649. The van der Waals surface area contributed by atoms with Crippen molar-refractivity contribution < 1.29 is 9.59 Å². The molecule has 2 amide bonds. The molecule has 36 heavy (non-hydrogen) atoms. The molecule has 0 radical (unpaired) electrons. The summed E-state index contributed by atoms with van der Waals surface area (Å²) in [5.74, 6) is 0.594. The quantitative estimate of drug-likeness (QED) is 0.261. The molecule has 1 heterocycles. The molecule has 0 fully saturated rings. The predicted molar refractivity (Wildman–Crippen MR) is 150 cm³/mol. The lowest BCUT2D eigenvalue weighted by Crippen LogP contribution is -2.31. The number of aromatic nitrogens is 3. The Labute approximate surface area is 233 Å². The minimum Gasteiger partial charge on any atom is -0.342 e. The lowest BCUT2D eigenvalue weighted by atomic mass is 10.0. The van der Waals surface area contributed by atoms with Crippen molar-refractivity contribution in [3.8, 4) is 0 Å². The van der Waals surface area contributed by atoms with Crippen molar-refractivity contribution in [2.75, 3.05) is 11.1 Å². The molecule has 0 unspecified atom stereocenters. The zero-order valence-corrected chi connectivity index (χ0v) is 24.6. The first-order valence-corrected chi connectivity index (χ1v) is 13.8. The Morgan fingerprint density at radius 2 is 1.83 bits per heavy atom. The highest BCUT2D eigenvalue weighted by atomic mass is 79.9. The van der Waals surface area contributed by atoms with E-state index in [1.165, 1.54) is 17.8 Å². The van der Waals surface area contributed by atoms with Crippen LogP contribution in [0.4, 0.5) is 5.69 Å². The van der Waals surface area contributed by atoms with E-state index in [-0.39, 0.29) is 28.5 Å². The number of rotatable bonds is 9. The van der Waals surface area contributed by atoms with E-state index in [1.54, 1.807) is 12.1 Å². The Morgan fingerprint density at radius 1 is 1.11 bits per heavy atom. The van der Waals surface area contributed by atoms with E-state index in [1.807, 2.05) is 37.6 Å². The molecule has 0 aliphatic carbocycles. The minimum atomic E-state index is -0.390. The Hall–Kier alpha value is -2.07. The number of nitrogens with one attached hydrogen (secondary N) is 2. The number of benzene rings is 2. The SMILES string of the molecule is Cc1c(Br)ccc(NC(=O)CSc2nnc([C@H](CC(C)C)NC(=O)c3ccc(Cl)cc3Cl)n2C)c1C. The van der Waals surface area contributed by atoms with E-state index in [4.69, 9.17) is 23.2 Å². The Kier molecular flexibility index (Phi) is 9.86. The summed E-state index contributed by atoms with van der Waals surface area (Å²) in [7, 11) is 1.83. The summed E-state index contributed by atoms with van der Waals surface area (Å²) in [5.41, 5.74) is 3.20. The van der Waals surface area contributed by atoms with Crippen LogP contribution in [0, 0.1) is 19.8 Å². The maximum absolute atomic E-state index is 13.0. The van der Waals surface area contributed by atoms with Gasteiger partial charge in [-0.25, -0.2) is 0 Å². The lowest BCUT2D eigenvalue weighted by Gasteiger charge is -2.20. The van der Waals surface area contributed by atoms with Crippen LogP contribution in [0.2, 0.25) is 10.0 Å². The van der Waals surface area contributed by atoms with Crippen molar-refractivity contribution in [1.29, 1.82) is 0 Å². The van der Waals surface area contributed by atoms with Gasteiger partial charge in [0.2, 0.25) is 5.91 Å². The molecule has 192 valence electrons. The van der Waals surface area contributed by atoms with Crippen LogP contribution in [-0.2, 0) is 11.8 Å². The van der Waals surface area contributed by atoms with Gasteiger partial charge in [0.15, 0.2) is 11.0 Å². The molecular weight excluding hydrogens is 585 g/mol. The number of carbonyl (C=O) groups is 2. The van der Waals surface area contributed by atoms with Crippen LogP contribution in [0.25, 0.3) is 0 Å². The maximum Gasteiger partial charge on any atom is 0.253 e. The average molecular weight is 613 g/mol. The number of anilines is 1. The van der Waals surface area contributed by atoms with Crippen LogP contribution in [0.1, 0.15) is 53.6 Å². The molecule has 0 spiro atoms. The number of thioether (sulfide) groups is 1. The first-order chi connectivity index (χ1) is 17.0. The highest BCUT2D eigenvalue weighted by Crippen LogP contribution is 2.28. The molecule has 7 nitrogen and oxygen atoms in total. The Bertz CT molecular complexity index is 1280. The first-order valence-electron chi connectivity index (χ1n) is 11.3. The summed E-state index contributed by atoms with van der Waals surface area (Å²) in [6, 6.07) is 8.16. The highest BCUT2D eigenvalue weighted by Gasteiger charge is 2.24. The summed E-state index contributed by atoms with van der Waals surface area (Å²) in [4.78, 5) is 25.6. The number of carbonyl (C=O) groups excluding carboxylic acids is 2. The summed E-state index contributed by atoms with van der Waals surface area (Å²) < 4.78 is 2.81.